The summed E-state index contributed by atoms with van der Waals surface area (Å²) in [5.74, 6) is -0.522. The van der Waals surface area contributed by atoms with E-state index in [0.29, 0.717) is 21.4 Å². The Morgan fingerprint density at radius 3 is 2.23 bits per heavy atom. The molecule has 1 saturated carbocycles. The van der Waals surface area contributed by atoms with E-state index in [1.807, 2.05) is 30.3 Å². The molecule has 4 rings (SSSR count). The molecule has 3 aromatic rings. The normalized spacial score (nSPS) is 14.3. The van der Waals surface area contributed by atoms with Crippen molar-refractivity contribution in [1.82, 2.24) is 10.2 Å². The number of halogens is 3. The Bertz CT molecular complexity index is 1550. The maximum absolute atomic E-state index is 14.2. The third-order valence-electron chi connectivity index (χ3n) is 7.41. The van der Waals surface area contributed by atoms with Crippen molar-refractivity contribution in [3.05, 3.63) is 92.9 Å². The lowest BCUT2D eigenvalue weighted by Crippen LogP contribution is -2.54. The van der Waals surface area contributed by atoms with Gasteiger partial charge in [-0.25, -0.2) is 8.42 Å². The highest BCUT2D eigenvalue weighted by Crippen LogP contribution is 2.31. The molecule has 0 aromatic heterocycles. The maximum atomic E-state index is 14.2. The van der Waals surface area contributed by atoms with Crippen LogP contribution in [0.3, 0.4) is 0 Å². The lowest BCUT2D eigenvalue weighted by atomic mass is 10.0. The SMILES string of the molecule is COc1ccc(N(CC(=O)N(Cc2ccc(Cl)c(Cl)c2)[C@H](Cc2ccccc2)C(=O)NC2CCCC2)S(C)(=O)=O)cc1Cl. The van der Waals surface area contributed by atoms with Crippen LogP contribution in [0.15, 0.2) is 66.7 Å². The average molecular weight is 667 g/mol. The zero-order valence-electron chi connectivity index (χ0n) is 23.9. The fourth-order valence-electron chi connectivity index (χ4n) is 5.18. The zero-order chi connectivity index (χ0) is 31.1. The Morgan fingerprint density at radius 2 is 1.63 bits per heavy atom. The lowest BCUT2D eigenvalue weighted by Gasteiger charge is -2.34. The van der Waals surface area contributed by atoms with E-state index in [-0.39, 0.29) is 35.6 Å². The molecule has 3 aromatic carbocycles. The minimum atomic E-state index is -3.94. The van der Waals surface area contributed by atoms with Crippen molar-refractivity contribution in [1.29, 1.82) is 0 Å². The van der Waals surface area contributed by atoms with E-state index >= 15 is 0 Å². The van der Waals surface area contributed by atoms with Gasteiger partial charge in [0.2, 0.25) is 21.8 Å². The van der Waals surface area contributed by atoms with Crippen LogP contribution < -0.4 is 14.4 Å². The summed E-state index contributed by atoms with van der Waals surface area (Å²) >= 11 is 18.8. The molecule has 1 aliphatic carbocycles. The topological polar surface area (TPSA) is 96.0 Å². The van der Waals surface area contributed by atoms with E-state index in [1.54, 1.807) is 18.2 Å². The number of ether oxygens (including phenoxy) is 1. The highest BCUT2D eigenvalue weighted by Gasteiger charge is 2.34. The monoisotopic (exact) mass is 665 g/mol. The molecule has 0 unspecified atom stereocenters. The molecule has 8 nitrogen and oxygen atoms in total. The molecular formula is C31H34Cl3N3O5S. The van der Waals surface area contributed by atoms with Gasteiger partial charge in [0, 0.05) is 19.0 Å². The van der Waals surface area contributed by atoms with Crippen LogP contribution in [0.1, 0.15) is 36.8 Å². The number of methoxy groups -OCH3 is 1. The minimum absolute atomic E-state index is 0.00766. The summed E-state index contributed by atoms with van der Waals surface area (Å²) < 4.78 is 32.1. The van der Waals surface area contributed by atoms with Gasteiger partial charge in [-0.05, 0) is 54.3 Å². The Kier molecular flexibility index (Phi) is 11.2. The largest absolute Gasteiger partial charge is 0.495 e. The molecule has 0 saturated heterocycles. The van der Waals surface area contributed by atoms with Crippen LogP contribution in [0.2, 0.25) is 15.1 Å². The number of hydrogen-bond acceptors (Lipinski definition) is 5. The molecule has 1 fully saturated rings. The lowest BCUT2D eigenvalue weighted by molar-refractivity contribution is -0.140. The molecule has 0 bridgehead atoms. The van der Waals surface area contributed by atoms with Crippen molar-refractivity contribution in [2.24, 2.45) is 0 Å². The molecule has 1 aliphatic rings. The Labute approximate surface area is 267 Å². The van der Waals surface area contributed by atoms with Crippen molar-refractivity contribution >= 4 is 62.3 Å². The van der Waals surface area contributed by atoms with Gasteiger partial charge in [-0.1, -0.05) is 84.0 Å². The smallest absolute Gasteiger partial charge is 0.244 e. The maximum Gasteiger partial charge on any atom is 0.244 e. The van der Waals surface area contributed by atoms with E-state index in [0.717, 1.165) is 41.8 Å². The van der Waals surface area contributed by atoms with Gasteiger partial charge in [0.1, 0.15) is 18.3 Å². The van der Waals surface area contributed by atoms with E-state index < -0.39 is 28.5 Å². The number of amides is 2. The van der Waals surface area contributed by atoms with E-state index in [4.69, 9.17) is 39.5 Å². The van der Waals surface area contributed by atoms with Gasteiger partial charge in [0.05, 0.1) is 34.1 Å². The van der Waals surface area contributed by atoms with E-state index in [2.05, 4.69) is 5.32 Å². The summed E-state index contributed by atoms with van der Waals surface area (Å²) in [5.41, 5.74) is 1.67. The quantitative estimate of drug-likeness (QED) is 0.251. The summed E-state index contributed by atoms with van der Waals surface area (Å²) in [7, 11) is -2.50. The Balaban J connectivity index is 1.74. The molecule has 1 N–H and O–H groups in total. The summed E-state index contributed by atoms with van der Waals surface area (Å²) in [6.45, 7) is -0.572. The van der Waals surface area contributed by atoms with Gasteiger partial charge in [-0.15, -0.1) is 0 Å². The number of hydrogen-bond donors (Lipinski definition) is 1. The predicted molar refractivity (Wildman–Crippen MR) is 172 cm³/mol. The van der Waals surface area contributed by atoms with Crippen LogP contribution in [0.4, 0.5) is 5.69 Å². The average Bonchev–Trinajstić information content (AvgIpc) is 3.48. The molecule has 230 valence electrons. The number of anilines is 1. The molecule has 0 aliphatic heterocycles. The van der Waals surface area contributed by atoms with Gasteiger partial charge in [0.25, 0.3) is 0 Å². The van der Waals surface area contributed by atoms with E-state index in [1.165, 1.54) is 30.2 Å². The fraction of sp³-hybridized carbons (Fsp3) is 0.355. The first-order valence-corrected chi connectivity index (χ1v) is 16.8. The van der Waals surface area contributed by atoms with Crippen LogP contribution in [-0.2, 0) is 32.6 Å². The molecule has 43 heavy (non-hydrogen) atoms. The first-order valence-electron chi connectivity index (χ1n) is 13.8. The number of nitrogens with zero attached hydrogens (tertiary/aromatic N) is 2. The predicted octanol–water partition coefficient (Wildman–Crippen LogP) is 6.12. The van der Waals surface area contributed by atoms with Crippen molar-refractivity contribution in [3.63, 3.8) is 0 Å². The van der Waals surface area contributed by atoms with Crippen LogP contribution in [0, 0.1) is 0 Å². The van der Waals surface area contributed by atoms with Gasteiger partial charge in [0.15, 0.2) is 0 Å². The first kappa shape index (κ1) is 32.9. The molecular weight excluding hydrogens is 633 g/mol. The molecule has 0 heterocycles. The second kappa shape index (κ2) is 14.7. The second-order valence-electron chi connectivity index (χ2n) is 10.6. The zero-order valence-corrected chi connectivity index (χ0v) is 27.0. The highest BCUT2D eigenvalue weighted by molar-refractivity contribution is 7.92. The fourth-order valence-corrected chi connectivity index (χ4v) is 6.59. The standard InChI is InChI=1S/C31H34Cl3N3O5S/c1-42-29-15-13-24(18-27(29)34)37(43(2,40)41)20-30(38)36(19-22-12-14-25(32)26(33)16-22)28(17-21-8-4-3-5-9-21)31(39)35-23-10-6-7-11-23/h3-5,8-9,12-16,18,23,28H,6-7,10-11,17,19-20H2,1-2H3,(H,35,39)/t28-/m1/s1. The third-order valence-corrected chi connectivity index (χ3v) is 9.59. The second-order valence-corrected chi connectivity index (χ2v) is 13.7. The van der Waals surface area contributed by atoms with Crippen molar-refractivity contribution in [3.8, 4) is 5.75 Å². The third kappa shape index (κ3) is 8.79. The van der Waals surface area contributed by atoms with Crippen LogP contribution >= 0.6 is 34.8 Å². The van der Waals surface area contributed by atoms with Gasteiger partial charge in [-0.2, -0.15) is 0 Å². The number of sulfonamides is 1. The molecule has 0 spiro atoms. The van der Waals surface area contributed by atoms with Crippen LogP contribution in [0.25, 0.3) is 0 Å². The summed E-state index contributed by atoms with van der Waals surface area (Å²) in [6, 6.07) is 17.9. The van der Waals surface area contributed by atoms with Crippen LogP contribution in [-0.4, -0.2) is 57.1 Å². The van der Waals surface area contributed by atoms with Crippen molar-refractivity contribution < 1.29 is 22.7 Å². The van der Waals surface area contributed by atoms with Crippen molar-refractivity contribution in [2.75, 3.05) is 24.2 Å². The highest BCUT2D eigenvalue weighted by atomic mass is 35.5. The van der Waals surface area contributed by atoms with Crippen molar-refractivity contribution in [2.45, 2.75) is 50.7 Å². The number of rotatable bonds is 12. The molecule has 12 heteroatoms. The molecule has 1 atom stereocenters. The van der Waals surface area contributed by atoms with Crippen LogP contribution in [0.5, 0.6) is 5.75 Å². The number of benzene rings is 3. The van der Waals surface area contributed by atoms with Gasteiger partial charge < -0.3 is 15.0 Å². The Morgan fingerprint density at radius 1 is 0.930 bits per heavy atom. The molecule has 2 amide bonds. The minimum Gasteiger partial charge on any atom is -0.495 e. The number of carbonyl (C=O) groups is 2. The van der Waals surface area contributed by atoms with Gasteiger partial charge in [-0.3, -0.25) is 13.9 Å². The Hall–Kier alpha value is -2.98. The van der Waals surface area contributed by atoms with Gasteiger partial charge >= 0.3 is 0 Å². The van der Waals surface area contributed by atoms with E-state index in [9.17, 15) is 18.0 Å². The summed E-state index contributed by atoms with van der Waals surface area (Å²) in [4.78, 5) is 29.6. The number of carbonyl (C=O) groups excluding carboxylic acids is 2. The summed E-state index contributed by atoms with van der Waals surface area (Å²) in [6.07, 6.45) is 5.01. The molecule has 0 radical (unpaired) electrons. The summed E-state index contributed by atoms with van der Waals surface area (Å²) in [5, 5.41) is 3.97. The first-order chi connectivity index (χ1) is 20.5. The number of nitrogens with one attached hydrogen (secondary N) is 1.